The predicted octanol–water partition coefficient (Wildman–Crippen LogP) is 8.20. The van der Waals surface area contributed by atoms with E-state index >= 15 is 0 Å². The molecule has 1 aliphatic rings. The zero-order valence-electron chi connectivity index (χ0n) is 20.8. The molecule has 0 saturated heterocycles. The minimum atomic E-state index is -0.373. The van der Waals surface area contributed by atoms with Gasteiger partial charge in [-0.3, -0.25) is 0 Å². The topological polar surface area (TPSA) is 44.8 Å². The summed E-state index contributed by atoms with van der Waals surface area (Å²) in [5.41, 5.74) is 0.508. The lowest BCUT2D eigenvalue weighted by Gasteiger charge is -2.21. The maximum absolute atomic E-state index is 12.5. The molecule has 1 radical (unpaired) electrons. The van der Waals surface area contributed by atoms with Crippen LogP contribution in [0.1, 0.15) is 94.3 Å². The Balaban J connectivity index is 1.32. The van der Waals surface area contributed by atoms with Crippen LogP contribution in [0.4, 0.5) is 0 Å². The summed E-state index contributed by atoms with van der Waals surface area (Å²) in [6.07, 6.45) is 17.4. The van der Waals surface area contributed by atoms with Crippen LogP contribution >= 0.6 is 0 Å². The molecule has 2 aromatic rings. The molecule has 3 rings (SSSR count). The van der Waals surface area contributed by atoms with Gasteiger partial charge in [-0.25, -0.2) is 4.79 Å². The minimum Gasteiger partial charge on any atom is -0.494 e. The quantitative estimate of drug-likeness (QED) is 0.151. The Labute approximate surface area is 206 Å². The van der Waals surface area contributed by atoms with E-state index in [9.17, 15) is 4.79 Å². The Hall–Kier alpha value is -2.49. The van der Waals surface area contributed by atoms with Crippen LogP contribution in [-0.4, -0.2) is 19.2 Å². The van der Waals surface area contributed by atoms with Crippen molar-refractivity contribution >= 4 is 5.97 Å². The molecule has 1 saturated carbocycles. The molecule has 0 aromatic heterocycles. The molecule has 1 aliphatic carbocycles. The van der Waals surface area contributed by atoms with Crippen molar-refractivity contribution in [2.24, 2.45) is 5.92 Å². The van der Waals surface area contributed by atoms with Crippen molar-refractivity contribution in [1.82, 2.24) is 0 Å². The molecule has 1 fully saturated rings. The van der Waals surface area contributed by atoms with Crippen molar-refractivity contribution in [3.8, 4) is 17.2 Å². The van der Waals surface area contributed by atoms with E-state index in [1.54, 1.807) is 24.3 Å². The molecule has 4 nitrogen and oxygen atoms in total. The summed E-state index contributed by atoms with van der Waals surface area (Å²) >= 11 is 0. The largest absolute Gasteiger partial charge is 0.494 e. The van der Waals surface area contributed by atoms with Gasteiger partial charge in [-0.05, 0) is 93.0 Å². The summed E-state index contributed by atoms with van der Waals surface area (Å²) in [6, 6.07) is 14.5. The van der Waals surface area contributed by atoms with Crippen molar-refractivity contribution < 1.29 is 19.0 Å². The minimum absolute atomic E-state index is 0.373. The maximum Gasteiger partial charge on any atom is 0.343 e. The Kier molecular flexibility index (Phi) is 11.8. The fourth-order valence-corrected chi connectivity index (χ4v) is 4.26. The van der Waals surface area contributed by atoms with Crippen LogP contribution in [0.2, 0.25) is 0 Å². The van der Waals surface area contributed by atoms with Crippen LogP contribution in [0.15, 0.2) is 48.5 Å². The average Bonchev–Trinajstić information content (AvgIpc) is 2.88. The van der Waals surface area contributed by atoms with E-state index < -0.39 is 0 Å². The molecule has 0 atom stereocenters. The molecule has 2 aromatic carbocycles. The number of carbonyl (C=O) groups is 1. The summed E-state index contributed by atoms with van der Waals surface area (Å²) < 4.78 is 17.2. The first-order valence-electron chi connectivity index (χ1n) is 13.2. The Morgan fingerprint density at radius 2 is 1.29 bits per heavy atom. The number of unbranched alkanes of at least 4 members (excludes halogenated alkanes) is 7. The van der Waals surface area contributed by atoms with Crippen molar-refractivity contribution in [3.05, 3.63) is 60.5 Å². The molecule has 0 bridgehead atoms. The number of hydrogen-bond donors (Lipinski definition) is 0. The normalized spacial score (nSPS) is 14.0. The van der Waals surface area contributed by atoms with Crippen LogP contribution in [0, 0.1) is 12.3 Å². The first-order chi connectivity index (χ1) is 16.7. The molecule has 0 amide bonds. The number of ether oxygens (including phenoxy) is 3. The van der Waals surface area contributed by atoms with E-state index in [2.05, 4.69) is 13.3 Å². The molecule has 0 aliphatic heterocycles. The van der Waals surface area contributed by atoms with Gasteiger partial charge >= 0.3 is 5.97 Å². The van der Waals surface area contributed by atoms with Gasteiger partial charge < -0.3 is 14.2 Å². The zero-order chi connectivity index (χ0) is 23.8. The van der Waals surface area contributed by atoms with Gasteiger partial charge in [0.15, 0.2) is 0 Å². The maximum atomic E-state index is 12.5. The SMILES string of the molecule is CCCCCCCCCCOc1ccc(C(=O)Oc2ccc(OCC3CC[CH]CC3)cc2)cc1. The molecule has 0 spiro atoms. The van der Waals surface area contributed by atoms with E-state index in [4.69, 9.17) is 14.2 Å². The van der Waals surface area contributed by atoms with Crippen molar-refractivity contribution in [2.75, 3.05) is 13.2 Å². The third-order valence-electron chi connectivity index (χ3n) is 6.43. The Morgan fingerprint density at radius 3 is 1.97 bits per heavy atom. The summed E-state index contributed by atoms with van der Waals surface area (Å²) in [4.78, 5) is 12.5. The highest BCUT2D eigenvalue weighted by molar-refractivity contribution is 5.91. The molecule has 0 N–H and O–H groups in total. The summed E-state index contributed by atoms with van der Waals surface area (Å²) in [5.74, 6) is 2.38. The highest BCUT2D eigenvalue weighted by Crippen LogP contribution is 2.25. The van der Waals surface area contributed by atoms with Crippen LogP contribution < -0.4 is 14.2 Å². The van der Waals surface area contributed by atoms with Gasteiger partial charge in [0.1, 0.15) is 17.2 Å². The highest BCUT2D eigenvalue weighted by Gasteiger charge is 2.14. The van der Waals surface area contributed by atoms with Gasteiger partial charge in [0.05, 0.1) is 18.8 Å². The zero-order valence-corrected chi connectivity index (χ0v) is 20.8. The number of rotatable bonds is 15. The summed E-state index contributed by atoms with van der Waals surface area (Å²) in [7, 11) is 0. The average molecular weight is 466 g/mol. The number of benzene rings is 2. The van der Waals surface area contributed by atoms with E-state index in [1.165, 1.54) is 70.6 Å². The van der Waals surface area contributed by atoms with E-state index in [0.717, 1.165) is 24.5 Å². The van der Waals surface area contributed by atoms with E-state index in [1.807, 2.05) is 24.3 Å². The van der Waals surface area contributed by atoms with E-state index in [0.29, 0.717) is 23.8 Å². The molecule has 34 heavy (non-hydrogen) atoms. The van der Waals surface area contributed by atoms with Crippen molar-refractivity contribution in [1.29, 1.82) is 0 Å². The second-order valence-corrected chi connectivity index (χ2v) is 9.33. The van der Waals surface area contributed by atoms with Gasteiger partial charge in [-0.2, -0.15) is 0 Å². The fourth-order valence-electron chi connectivity index (χ4n) is 4.26. The van der Waals surface area contributed by atoms with E-state index in [-0.39, 0.29) is 5.97 Å². The molecule has 0 unspecified atom stereocenters. The first-order valence-corrected chi connectivity index (χ1v) is 13.2. The number of carbonyl (C=O) groups excluding carboxylic acids is 1. The summed E-state index contributed by atoms with van der Waals surface area (Å²) in [5, 5.41) is 0. The lowest BCUT2D eigenvalue weighted by Crippen LogP contribution is -2.15. The van der Waals surface area contributed by atoms with Crippen LogP contribution in [-0.2, 0) is 0 Å². The monoisotopic (exact) mass is 465 g/mol. The fraction of sp³-hybridized carbons (Fsp3) is 0.533. The third kappa shape index (κ3) is 9.79. The van der Waals surface area contributed by atoms with Gasteiger partial charge in [-0.1, -0.05) is 51.9 Å². The van der Waals surface area contributed by atoms with Gasteiger partial charge in [0, 0.05) is 0 Å². The van der Waals surface area contributed by atoms with Crippen molar-refractivity contribution in [2.45, 2.75) is 84.0 Å². The summed E-state index contributed by atoms with van der Waals surface area (Å²) in [6.45, 7) is 3.71. The third-order valence-corrected chi connectivity index (χ3v) is 6.43. The van der Waals surface area contributed by atoms with Crippen molar-refractivity contribution in [3.63, 3.8) is 0 Å². The molecule has 185 valence electrons. The predicted molar refractivity (Wildman–Crippen MR) is 138 cm³/mol. The number of esters is 1. The Morgan fingerprint density at radius 1 is 0.735 bits per heavy atom. The van der Waals surface area contributed by atoms with Gasteiger partial charge in [-0.15, -0.1) is 0 Å². The second-order valence-electron chi connectivity index (χ2n) is 9.33. The lowest BCUT2D eigenvalue weighted by molar-refractivity contribution is 0.0734. The lowest BCUT2D eigenvalue weighted by atomic mass is 9.90. The van der Waals surface area contributed by atoms with Gasteiger partial charge in [0.2, 0.25) is 0 Å². The standard InChI is InChI=1S/C30H41O4/c1-2-3-4-5-6-7-8-12-23-32-27-17-15-26(16-18-27)30(31)34-29-21-19-28(20-22-29)33-24-25-13-10-9-11-14-25/h9,15-22,25H,2-8,10-14,23-24H2,1H3. The second kappa shape index (κ2) is 15.4. The van der Waals surface area contributed by atoms with Crippen LogP contribution in [0.5, 0.6) is 17.2 Å². The first kappa shape index (κ1) is 26.1. The molecular formula is C30H41O4. The Bertz CT molecular complexity index is 807. The number of hydrogen-bond acceptors (Lipinski definition) is 4. The molecule has 4 heteroatoms. The highest BCUT2D eigenvalue weighted by atomic mass is 16.5. The smallest absolute Gasteiger partial charge is 0.343 e. The van der Waals surface area contributed by atoms with Gasteiger partial charge in [0.25, 0.3) is 0 Å². The molecular weight excluding hydrogens is 424 g/mol. The van der Waals surface area contributed by atoms with Crippen LogP contribution in [0.3, 0.4) is 0 Å². The van der Waals surface area contributed by atoms with Crippen LogP contribution in [0.25, 0.3) is 0 Å². The molecule has 0 heterocycles.